The minimum Gasteiger partial charge on any atom is -0.436 e. The van der Waals surface area contributed by atoms with E-state index < -0.39 is 0 Å². The largest absolute Gasteiger partial charge is 0.436 e. The van der Waals surface area contributed by atoms with E-state index in [-0.39, 0.29) is 10.9 Å². The first kappa shape index (κ1) is 19.8. The van der Waals surface area contributed by atoms with Crippen molar-refractivity contribution in [3.05, 3.63) is 80.3 Å². The lowest BCUT2D eigenvalue weighted by molar-refractivity contribution is 0.102. The number of oxazole rings is 1. The lowest BCUT2D eigenvalue weighted by atomic mass is 10.1. The third-order valence-corrected chi connectivity index (χ3v) is 5.33. The molecule has 0 unspecified atom stereocenters. The van der Waals surface area contributed by atoms with E-state index in [1.165, 1.54) is 6.07 Å². The molecule has 4 nitrogen and oxygen atoms in total. The van der Waals surface area contributed by atoms with Gasteiger partial charge in [0.2, 0.25) is 5.89 Å². The molecule has 0 saturated carbocycles. The number of anilines is 1. The Morgan fingerprint density at radius 1 is 0.966 bits per heavy atom. The van der Waals surface area contributed by atoms with Gasteiger partial charge in [0.05, 0.1) is 21.2 Å². The molecule has 0 bridgehead atoms. The predicted octanol–water partition coefficient (Wildman–Crippen LogP) is 7.32. The topological polar surface area (TPSA) is 55.1 Å². The van der Waals surface area contributed by atoms with Gasteiger partial charge >= 0.3 is 0 Å². The molecule has 29 heavy (non-hydrogen) atoms. The number of nitrogens with zero attached hydrogens (tertiary/aromatic N) is 1. The van der Waals surface area contributed by atoms with Crippen molar-refractivity contribution in [1.29, 1.82) is 0 Å². The van der Waals surface area contributed by atoms with E-state index in [0.717, 1.165) is 16.6 Å². The van der Waals surface area contributed by atoms with Crippen molar-refractivity contribution in [3.63, 3.8) is 0 Å². The van der Waals surface area contributed by atoms with Crippen LogP contribution >= 0.6 is 34.8 Å². The number of carbonyl (C=O) groups is 1. The van der Waals surface area contributed by atoms with Gasteiger partial charge in [0.25, 0.3) is 5.91 Å². The first-order chi connectivity index (χ1) is 13.8. The van der Waals surface area contributed by atoms with Crippen molar-refractivity contribution in [1.82, 2.24) is 4.98 Å². The molecule has 4 rings (SSSR count). The number of hydrogen-bond acceptors (Lipinski definition) is 3. The normalized spacial score (nSPS) is 11.1. The smallest absolute Gasteiger partial charge is 0.257 e. The fourth-order valence-electron chi connectivity index (χ4n) is 3.13. The number of halogens is 3. The number of aryl methyl sites for hydroxylation is 2. The number of amides is 1. The molecule has 0 spiro atoms. The Bertz CT molecular complexity index is 1260. The maximum absolute atomic E-state index is 12.6. The summed E-state index contributed by atoms with van der Waals surface area (Å²) in [5, 5.41) is 4.01. The van der Waals surface area contributed by atoms with Crippen molar-refractivity contribution in [3.8, 4) is 11.5 Å². The minimum absolute atomic E-state index is 0.272. The van der Waals surface area contributed by atoms with Gasteiger partial charge in [-0.3, -0.25) is 4.79 Å². The van der Waals surface area contributed by atoms with E-state index in [0.29, 0.717) is 38.3 Å². The molecule has 1 heterocycles. The van der Waals surface area contributed by atoms with E-state index in [9.17, 15) is 4.79 Å². The fraction of sp³-hybridized carbons (Fsp3) is 0.0909. The molecule has 0 saturated heterocycles. The number of benzene rings is 3. The number of fused-ring (bicyclic) bond motifs is 1. The Labute approximate surface area is 182 Å². The highest BCUT2D eigenvalue weighted by molar-refractivity contribution is 6.37. The summed E-state index contributed by atoms with van der Waals surface area (Å²) >= 11 is 18.4. The summed E-state index contributed by atoms with van der Waals surface area (Å²) < 4.78 is 5.95. The van der Waals surface area contributed by atoms with Crippen molar-refractivity contribution in [2.45, 2.75) is 13.8 Å². The number of nitrogens with one attached hydrogen (secondary N) is 1. The van der Waals surface area contributed by atoms with Crippen LogP contribution in [0.25, 0.3) is 22.6 Å². The summed E-state index contributed by atoms with van der Waals surface area (Å²) in [4.78, 5) is 17.2. The van der Waals surface area contributed by atoms with Crippen LogP contribution in [0, 0.1) is 13.8 Å². The molecule has 0 fully saturated rings. The summed E-state index contributed by atoms with van der Waals surface area (Å²) in [5.74, 6) is 0.0308. The molecule has 0 aliphatic carbocycles. The zero-order valence-corrected chi connectivity index (χ0v) is 17.8. The molecule has 0 atom stereocenters. The van der Waals surface area contributed by atoms with Gasteiger partial charge in [-0.2, -0.15) is 0 Å². The molecule has 1 aromatic heterocycles. The van der Waals surface area contributed by atoms with E-state index in [1.807, 2.05) is 26.0 Å². The van der Waals surface area contributed by atoms with Gasteiger partial charge in [-0.15, -0.1) is 0 Å². The molecule has 7 heteroatoms. The van der Waals surface area contributed by atoms with Crippen LogP contribution in [0.15, 0.2) is 52.9 Å². The Hall–Kier alpha value is -2.53. The monoisotopic (exact) mass is 444 g/mol. The van der Waals surface area contributed by atoms with Crippen molar-refractivity contribution >= 4 is 57.5 Å². The van der Waals surface area contributed by atoms with E-state index >= 15 is 0 Å². The van der Waals surface area contributed by atoms with Crippen LogP contribution in [0.1, 0.15) is 21.5 Å². The van der Waals surface area contributed by atoms with Crippen molar-refractivity contribution in [2.24, 2.45) is 0 Å². The Morgan fingerprint density at radius 3 is 2.52 bits per heavy atom. The molecule has 1 N–H and O–H groups in total. The standard InChI is InChI=1S/C22H15Cl3N2O2/c1-11-7-12(2)20-19(8-11)27-22(29-20)16-10-14(4-6-17(16)24)26-21(28)15-5-3-13(23)9-18(15)25/h3-10H,1-2H3,(H,26,28). The second-order valence-electron chi connectivity index (χ2n) is 6.72. The number of rotatable bonds is 3. The molecule has 0 aliphatic heterocycles. The molecule has 0 radical (unpaired) electrons. The highest BCUT2D eigenvalue weighted by Crippen LogP contribution is 2.34. The molecule has 0 aliphatic rings. The fourth-order valence-corrected chi connectivity index (χ4v) is 3.82. The summed E-state index contributed by atoms with van der Waals surface area (Å²) in [5.41, 5.74) is 5.01. The molecule has 1 amide bonds. The van der Waals surface area contributed by atoms with Crippen LogP contribution in [0.3, 0.4) is 0 Å². The average Bonchev–Trinajstić information content (AvgIpc) is 3.07. The number of carbonyl (C=O) groups excluding carboxylic acids is 1. The van der Waals surface area contributed by atoms with Gasteiger partial charge in [-0.25, -0.2) is 4.98 Å². The van der Waals surface area contributed by atoms with E-state index in [2.05, 4.69) is 10.3 Å². The lowest BCUT2D eigenvalue weighted by Crippen LogP contribution is -2.12. The van der Waals surface area contributed by atoms with Gasteiger partial charge in [0.15, 0.2) is 5.58 Å². The maximum atomic E-state index is 12.6. The quantitative estimate of drug-likeness (QED) is 0.359. The van der Waals surface area contributed by atoms with Gasteiger partial charge in [0.1, 0.15) is 5.52 Å². The molecule has 146 valence electrons. The zero-order valence-electron chi connectivity index (χ0n) is 15.5. The summed E-state index contributed by atoms with van der Waals surface area (Å²) in [6.07, 6.45) is 0. The Balaban J connectivity index is 1.69. The summed E-state index contributed by atoms with van der Waals surface area (Å²) in [7, 11) is 0. The number of hydrogen-bond donors (Lipinski definition) is 1. The van der Waals surface area contributed by atoms with Gasteiger partial charge in [-0.05, 0) is 67.4 Å². The summed E-state index contributed by atoms with van der Waals surface area (Å²) in [6.45, 7) is 3.98. The van der Waals surface area contributed by atoms with Crippen molar-refractivity contribution in [2.75, 3.05) is 5.32 Å². The Kier molecular flexibility index (Phi) is 5.26. The van der Waals surface area contributed by atoms with Crippen LogP contribution in [-0.4, -0.2) is 10.9 Å². The average molecular weight is 446 g/mol. The second kappa shape index (κ2) is 7.71. The van der Waals surface area contributed by atoms with Gasteiger partial charge < -0.3 is 9.73 Å². The Morgan fingerprint density at radius 2 is 1.76 bits per heavy atom. The maximum Gasteiger partial charge on any atom is 0.257 e. The van der Waals surface area contributed by atoms with Gasteiger partial charge in [-0.1, -0.05) is 40.9 Å². The van der Waals surface area contributed by atoms with Crippen LogP contribution in [0.4, 0.5) is 5.69 Å². The highest BCUT2D eigenvalue weighted by Gasteiger charge is 2.16. The van der Waals surface area contributed by atoms with E-state index in [1.54, 1.807) is 30.3 Å². The third-order valence-electron chi connectivity index (χ3n) is 4.45. The van der Waals surface area contributed by atoms with Crippen LogP contribution < -0.4 is 5.32 Å². The molecular formula is C22H15Cl3N2O2. The van der Waals surface area contributed by atoms with Crippen LogP contribution in [0.5, 0.6) is 0 Å². The lowest BCUT2D eigenvalue weighted by Gasteiger charge is -2.09. The minimum atomic E-state index is -0.357. The van der Waals surface area contributed by atoms with E-state index in [4.69, 9.17) is 39.2 Å². The van der Waals surface area contributed by atoms with Gasteiger partial charge in [0, 0.05) is 10.7 Å². The SMILES string of the molecule is Cc1cc(C)c2oc(-c3cc(NC(=O)c4ccc(Cl)cc4Cl)ccc3Cl)nc2c1. The van der Waals surface area contributed by atoms with Crippen molar-refractivity contribution < 1.29 is 9.21 Å². The molecule has 4 aromatic rings. The molecular weight excluding hydrogens is 431 g/mol. The van der Waals surface area contributed by atoms with Crippen LogP contribution in [-0.2, 0) is 0 Å². The number of aromatic nitrogens is 1. The predicted molar refractivity (Wildman–Crippen MR) is 118 cm³/mol. The third kappa shape index (κ3) is 3.97. The summed E-state index contributed by atoms with van der Waals surface area (Å²) in [6, 6.07) is 13.8. The first-order valence-electron chi connectivity index (χ1n) is 8.76. The molecule has 3 aromatic carbocycles. The highest BCUT2D eigenvalue weighted by atomic mass is 35.5. The first-order valence-corrected chi connectivity index (χ1v) is 9.89. The zero-order chi connectivity index (χ0) is 20.7. The second-order valence-corrected chi connectivity index (χ2v) is 7.97. The van der Waals surface area contributed by atoms with Crippen LogP contribution in [0.2, 0.25) is 15.1 Å².